The first kappa shape index (κ1) is 19.4. The molecule has 1 heterocycles. The van der Waals surface area contributed by atoms with Crippen LogP contribution in [0.5, 0.6) is 0 Å². The average molecular weight is 445 g/mol. The Kier molecular flexibility index (Phi) is 5.82. The Balaban J connectivity index is 1.72. The maximum absolute atomic E-state index is 12.5. The van der Waals surface area contributed by atoms with E-state index in [0.717, 1.165) is 37.8 Å². The fourth-order valence-corrected chi connectivity index (χ4v) is 3.86. The molecule has 2 aromatic rings. The van der Waals surface area contributed by atoms with Crippen LogP contribution < -0.4 is 5.32 Å². The number of benzene rings is 2. The molecular weight excluding hydrogens is 428 g/mol. The molecule has 1 fully saturated rings. The van der Waals surface area contributed by atoms with Gasteiger partial charge in [0.2, 0.25) is 5.91 Å². The predicted molar refractivity (Wildman–Crippen MR) is 111 cm³/mol. The van der Waals surface area contributed by atoms with Crippen LogP contribution in [-0.2, 0) is 9.59 Å². The van der Waals surface area contributed by atoms with Gasteiger partial charge >= 0.3 is 0 Å². The molecule has 0 unspecified atom stereocenters. The van der Waals surface area contributed by atoms with Crippen molar-refractivity contribution in [2.24, 2.45) is 0 Å². The zero-order valence-electron chi connectivity index (χ0n) is 14.8. The SMILES string of the molecule is Cc1cccc(NC(=O)CN2C(=O)S/C(=C/c3cccc(Br)c3)C2=O)c1C. The lowest BCUT2D eigenvalue weighted by Crippen LogP contribution is -2.36. The molecule has 5 nitrogen and oxygen atoms in total. The van der Waals surface area contributed by atoms with Crippen molar-refractivity contribution < 1.29 is 14.4 Å². The Morgan fingerprint density at radius 3 is 2.67 bits per heavy atom. The Hall–Kier alpha value is -2.38. The molecule has 7 heteroatoms. The number of carbonyl (C=O) groups excluding carboxylic acids is 3. The minimum absolute atomic E-state index is 0.303. The van der Waals surface area contributed by atoms with E-state index >= 15 is 0 Å². The third kappa shape index (κ3) is 4.48. The molecule has 0 aromatic heterocycles. The van der Waals surface area contributed by atoms with Gasteiger partial charge in [0.05, 0.1) is 4.91 Å². The first-order valence-corrected chi connectivity index (χ1v) is 9.83. The first-order chi connectivity index (χ1) is 12.8. The van der Waals surface area contributed by atoms with E-state index in [2.05, 4.69) is 21.2 Å². The summed E-state index contributed by atoms with van der Waals surface area (Å²) in [6, 6.07) is 13.0. The molecule has 1 aliphatic heterocycles. The molecule has 3 amide bonds. The monoisotopic (exact) mass is 444 g/mol. The normalized spacial score (nSPS) is 15.5. The van der Waals surface area contributed by atoms with Crippen LogP contribution in [0.2, 0.25) is 0 Å². The summed E-state index contributed by atoms with van der Waals surface area (Å²) in [5.74, 6) is -0.865. The van der Waals surface area contributed by atoms with Crippen molar-refractivity contribution in [3.63, 3.8) is 0 Å². The van der Waals surface area contributed by atoms with Crippen LogP contribution in [0, 0.1) is 13.8 Å². The molecule has 0 aliphatic carbocycles. The first-order valence-electron chi connectivity index (χ1n) is 8.22. The number of halogens is 1. The quantitative estimate of drug-likeness (QED) is 0.691. The van der Waals surface area contributed by atoms with Gasteiger partial charge in [-0.1, -0.05) is 40.2 Å². The molecule has 0 radical (unpaired) electrons. The van der Waals surface area contributed by atoms with Crippen LogP contribution in [-0.4, -0.2) is 28.5 Å². The van der Waals surface area contributed by atoms with Crippen LogP contribution in [0.1, 0.15) is 16.7 Å². The number of rotatable bonds is 4. The van der Waals surface area contributed by atoms with E-state index in [4.69, 9.17) is 0 Å². The number of imide groups is 1. The maximum atomic E-state index is 12.5. The molecular formula is C20H17BrN2O3S. The second-order valence-corrected chi connectivity index (χ2v) is 8.03. The summed E-state index contributed by atoms with van der Waals surface area (Å²) in [7, 11) is 0. The van der Waals surface area contributed by atoms with E-state index in [9.17, 15) is 14.4 Å². The van der Waals surface area contributed by atoms with Crippen LogP contribution >= 0.6 is 27.7 Å². The molecule has 3 rings (SSSR count). The molecule has 0 bridgehead atoms. The van der Waals surface area contributed by atoms with Gasteiger partial charge in [-0.15, -0.1) is 0 Å². The minimum atomic E-state index is -0.457. The molecule has 0 saturated carbocycles. The third-order valence-corrected chi connectivity index (χ3v) is 5.60. The summed E-state index contributed by atoms with van der Waals surface area (Å²) >= 11 is 4.21. The number of nitrogens with zero attached hydrogens (tertiary/aromatic N) is 1. The summed E-state index contributed by atoms with van der Waals surface area (Å²) in [5, 5.41) is 2.32. The number of hydrogen-bond acceptors (Lipinski definition) is 4. The molecule has 2 aromatic carbocycles. The molecule has 0 spiro atoms. The number of carbonyl (C=O) groups is 3. The van der Waals surface area contributed by atoms with E-state index in [0.29, 0.717) is 10.6 Å². The Labute approximate surface area is 169 Å². The van der Waals surface area contributed by atoms with Gasteiger partial charge in [-0.25, -0.2) is 0 Å². The largest absolute Gasteiger partial charge is 0.324 e. The fourth-order valence-electron chi connectivity index (χ4n) is 2.60. The average Bonchev–Trinajstić information content (AvgIpc) is 2.86. The Bertz CT molecular complexity index is 971. The summed E-state index contributed by atoms with van der Waals surface area (Å²) in [4.78, 5) is 38.3. The van der Waals surface area contributed by atoms with Crippen LogP contribution in [0.25, 0.3) is 6.08 Å². The highest BCUT2D eigenvalue weighted by atomic mass is 79.9. The summed E-state index contributed by atoms with van der Waals surface area (Å²) < 4.78 is 0.878. The summed E-state index contributed by atoms with van der Waals surface area (Å²) in [6.07, 6.45) is 1.65. The summed E-state index contributed by atoms with van der Waals surface area (Å²) in [6.45, 7) is 3.55. The number of amides is 3. The van der Waals surface area contributed by atoms with Crippen molar-refractivity contribution in [3.05, 3.63) is 68.5 Å². The number of thioether (sulfide) groups is 1. The van der Waals surface area contributed by atoms with Crippen molar-refractivity contribution in [1.29, 1.82) is 0 Å². The highest BCUT2D eigenvalue weighted by molar-refractivity contribution is 9.10. The second kappa shape index (κ2) is 8.10. The van der Waals surface area contributed by atoms with E-state index < -0.39 is 17.1 Å². The van der Waals surface area contributed by atoms with E-state index in [1.807, 2.05) is 50.2 Å². The predicted octanol–water partition coefficient (Wildman–Crippen LogP) is 4.74. The molecule has 138 valence electrons. The van der Waals surface area contributed by atoms with Crippen molar-refractivity contribution in [2.75, 3.05) is 11.9 Å². The third-order valence-electron chi connectivity index (χ3n) is 4.20. The van der Waals surface area contributed by atoms with Crippen LogP contribution in [0.4, 0.5) is 10.5 Å². The van der Waals surface area contributed by atoms with Crippen LogP contribution in [0.3, 0.4) is 0 Å². The molecule has 1 aliphatic rings. The number of anilines is 1. The number of nitrogens with one attached hydrogen (secondary N) is 1. The van der Waals surface area contributed by atoms with E-state index in [1.54, 1.807) is 12.1 Å². The second-order valence-electron chi connectivity index (χ2n) is 6.12. The van der Waals surface area contributed by atoms with Gasteiger partial charge in [0, 0.05) is 10.2 Å². The van der Waals surface area contributed by atoms with Gasteiger partial charge < -0.3 is 5.32 Å². The lowest BCUT2D eigenvalue weighted by atomic mass is 10.1. The van der Waals surface area contributed by atoms with Gasteiger partial charge in [0.25, 0.3) is 11.1 Å². The standard InChI is InChI=1S/C20H17BrN2O3S/c1-12-5-3-8-16(13(12)2)22-18(24)11-23-19(25)17(27-20(23)26)10-14-6-4-7-15(21)9-14/h3-10H,11H2,1-2H3,(H,22,24)/b17-10+. The lowest BCUT2D eigenvalue weighted by Gasteiger charge is -2.14. The lowest BCUT2D eigenvalue weighted by molar-refractivity contribution is -0.127. The minimum Gasteiger partial charge on any atom is -0.324 e. The Morgan fingerprint density at radius 1 is 1.19 bits per heavy atom. The smallest absolute Gasteiger partial charge is 0.294 e. The fraction of sp³-hybridized carbons (Fsp3) is 0.150. The van der Waals surface area contributed by atoms with Crippen molar-refractivity contribution in [1.82, 2.24) is 4.90 Å². The van der Waals surface area contributed by atoms with E-state index in [-0.39, 0.29) is 6.54 Å². The van der Waals surface area contributed by atoms with Crippen LogP contribution in [0.15, 0.2) is 51.8 Å². The number of aryl methyl sites for hydroxylation is 1. The molecule has 1 N–H and O–H groups in total. The van der Waals surface area contributed by atoms with Gasteiger partial charge in [0.1, 0.15) is 6.54 Å². The topological polar surface area (TPSA) is 66.5 Å². The highest BCUT2D eigenvalue weighted by Gasteiger charge is 2.36. The molecule has 27 heavy (non-hydrogen) atoms. The van der Waals surface area contributed by atoms with Gasteiger partial charge in [-0.3, -0.25) is 19.3 Å². The zero-order valence-corrected chi connectivity index (χ0v) is 17.2. The zero-order chi connectivity index (χ0) is 19.6. The molecule has 0 atom stereocenters. The molecule has 1 saturated heterocycles. The van der Waals surface area contributed by atoms with Crippen molar-refractivity contribution >= 4 is 56.5 Å². The highest BCUT2D eigenvalue weighted by Crippen LogP contribution is 2.32. The van der Waals surface area contributed by atoms with Gasteiger partial charge in [-0.2, -0.15) is 0 Å². The maximum Gasteiger partial charge on any atom is 0.294 e. The van der Waals surface area contributed by atoms with Gasteiger partial charge in [0.15, 0.2) is 0 Å². The van der Waals surface area contributed by atoms with Crippen molar-refractivity contribution in [3.8, 4) is 0 Å². The van der Waals surface area contributed by atoms with Crippen molar-refractivity contribution in [2.45, 2.75) is 13.8 Å². The Morgan fingerprint density at radius 2 is 1.93 bits per heavy atom. The van der Waals surface area contributed by atoms with Gasteiger partial charge in [-0.05, 0) is 66.6 Å². The number of hydrogen-bond donors (Lipinski definition) is 1. The van der Waals surface area contributed by atoms with E-state index in [1.165, 1.54) is 0 Å². The summed E-state index contributed by atoms with van der Waals surface area (Å²) in [5.41, 5.74) is 3.48.